The summed E-state index contributed by atoms with van der Waals surface area (Å²) in [4.78, 5) is 29.1. The number of carbonyl (C=O) groups is 2. The molecule has 1 aromatic heterocycles. The number of amidine groups is 1. The summed E-state index contributed by atoms with van der Waals surface area (Å²) in [6, 6.07) is 14.0. The van der Waals surface area contributed by atoms with E-state index >= 15 is 0 Å². The second-order valence-corrected chi connectivity index (χ2v) is 10.3. The Hall–Kier alpha value is -3.72. The molecule has 0 aliphatic carbocycles. The first-order chi connectivity index (χ1) is 17.7. The molecule has 2 aromatic carbocycles. The maximum atomic E-state index is 13.3. The highest BCUT2D eigenvalue weighted by Gasteiger charge is 2.39. The topological polar surface area (TPSA) is 109 Å². The summed E-state index contributed by atoms with van der Waals surface area (Å²) < 4.78 is 18.8. The molecule has 0 saturated carbocycles. The quantitative estimate of drug-likeness (QED) is 0.271. The highest BCUT2D eigenvalue weighted by atomic mass is 32.1. The molecule has 2 amide bonds. The van der Waals surface area contributed by atoms with E-state index in [-0.39, 0.29) is 41.8 Å². The standard InChI is InChI=1S/C28H31FN4O3S/c1-3-18-12-24(28(35)32-17(2)25-14-20(16-37-25)27(30)31)33(15-18)26(34)13-19-4-8-22(9-5-19)36-23-10-6-21(29)7-11-23/h4-11,14,16-18,24H,3,12-13,15H2,1-2H3,(H3,30,31)(H,32,35)/t17-,18-,24?/m1/s1. The summed E-state index contributed by atoms with van der Waals surface area (Å²) in [5.74, 6) is 0.785. The number of nitrogens with two attached hydrogens (primary N) is 1. The van der Waals surface area contributed by atoms with E-state index in [0.717, 1.165) is 16.9 Å². The number of nitrogens with one attached hydrogen (secondary N) is 2. The number of hydrogen-bond acceptors (Lipinski definition) is 5. The van der Waals surface area contributed by atoms with E-state index in [0.29, 0.717) is 30.0 Å². The molecule has 2 heterocycles. The molecule has 194 valence electrons. The number of benzene rings is 2. The van der Waals surface area contributed by atoms with Gasteiger partial charge >= 0.3 is 0 Å². The lowest BCUT2D eigenvalue weighted by atomic mass is 10.0. The largest absolute Gasteiger partial charge is 0.457 e. The monoisotopic (exact) mass is 522 g/mol. The Morgan fingerprint density at radius 2 is 1.84 bits per heavy atom. The van der Waals surface area contributed by atoms with Gasteiger partial charge in [0.15, 0.2) is 0 Å². The molecule has 0 spiro atoms. The lowest BCUT2D eigenvalue weighted by Crippen LogP contribution is -2.46. The first kappa shape index (κ1) is 26.3. The second kappa shape index (κ2) is 11.6. The Bertz CT molecular complexity index is 1260. The molecule has 7 nitrogen and oxygen atoms in total. The van der Waals surface area contributed by atoms with Crippen LogP contribution < -0.4 is 15.8 Å². The number of hydrogen-bond donors (Lipinski definition) is 3. The van der Waals surface area contributed by atoms with Crippen LogP contribution in [0.2, 0.25) is 0 Å². The van der Waals surface area contributed by atoms with E-state index in [9.17, 15) is 14.0 Å². The van der Waals surface area contributed by atoms with Crippen LogP contribution in [0.3, 0.4) is 0 Å². The summed E-state index contributed by atoms with van der Waals surface area (Å²) in [5, 5.41) is 12.4. The molecule has 1 fully saturated rings. The molecule has 4 N–H and O–H groups in total. The van der Waals surface area contributed by atoms with Crippen molar-refractivity contribution in [3.05, 3.63) is 81.8 Å². The summed E-state index contributed by atoms with van der Waals surface area (Å²) in [7, 11) is 0. The van der Waals surface area contributed by atoms with Gasteiger partial charge in [-0.1, -0.05) is 25.5 Å². The fraction of sp³-hybridized carbons (Fsp3) is 0.321. The molecule has 1 saturated heterocycles. The van der Waals surface area contributed by atoms with Gasteiger partial charge in [-0.3, -0.25) is 15.0 Å². The molecule has 37 heavy (non-hydrogen) atoms. The maximum absolute atomic E-state index is 13.3. The van der Waals surface area contributed by atoms with Crippen molar-refractivity contribution in [1.29, 1.82) is 5.41 Å². The number of thiophene rings is 1. The Labute approximate surface area is 219 Å². The van der Waals surface area contributed by atoms with Crippen molar-refractivity contribution < 1.29 is 18.7 Å². The Morgan fingerprint density at radius 3 is 2.43 bits per heavy atom. The number of likely N-dealkylation sites (tertiary alicyclic amines) is 1. The predicted octanol–water partition coefficient (Wildman–Crippen LogP) is 5.01. The fourth-order valence-corrected chi connectivity index (χ4v) is 5.35. The average Bonchev–Trinajstić information content (AvgIpc) is 3.55. The molecule has 1 unspecified atom stereocenters. The number of rotatable bonds is 9. The minimum absolute atomic E-state index is 0.00516. The molecule has 3 aromatic rings. The van der Waals surface area contributed by atoms with Crippen molar-refractivity contribution in [3.8, 4) is 11.5 Å². The minimum Gasteiger partial charge on any atom is -0.457 e. The summed E-state index contributed by atoms with van der Waals surface area (Å²) in [6.07, 6.45) is 1.71. The van der Waals surface area contributed by atoms with Gasteiger partial charge in [0, 0.05) is 22.4 Å². The molecular weight excluding hydrogens is 491 g/mol. The summed E-state index contributed by atoms with van der Waals surface area (Å²) in [5.41, 5.74) is 7.02. The maximum Gasteiger partial charge on any atom is 0.243 e. The number of nitrogen functional groups attached to an aromatic ring is 1. The summed E-state index contributed by atoms with van der Waals surface area (Å²) in [6.45, 7) is 4.52. The SMILES string of the molecule is CC[C@@H]1CC(C(=O)N[C@H](C)c2cc(C(=N)N)cs2)N(C(=O)Cc2ccc(Oc3ccc(F)cc3)cc2)C1. The van der Waals surface area contributed by atoms with Crippen LogP contribution in [-0.2, 0) is 16.0 Å². The third kappa shape index (κ3) is 6.54. The zero-order chi connectivity index (χ0) is 26.5. The van der Waals surface area contributed by atoms with Gasteiger partial charge in [-0.05, 0) is 67.3 Å². The highest BCUT2D eigenvalue weighted by molar-refractivity contribution is 7.10. The zero-order valence-electron chi connectivity index (χ0n) is 20.9. The van der Waals surface area contributed by atoms with Gasteiger partial charge in [-0.25, -0.2) is 4.39 Å². The Balaban J connectivity index is 1.39. The normalized spacial score (nSPS) is 17.9. The third-order valence-electron chi connectivity index (χ3n) is 6.63. The molecule has 3 atom stereocenters. The van der Waals surface area contributed by atoms with Gasteiger partial charge < -0.3 is 20.7 Å². The van der Waals surface area contributed by atoms with E-state index in [1.54, 1.807) is 34.5 Å². The van der Waals surface area contributed by atoms with Crippen LogP contribution in [0, 0.1) is 17.1 Å². The van der Waals surface area contributed by atoms with E-state index in [4.69, 9.17) is 15.9 Å². The number of amides is 2. The van der Waals surface area contributed by atoms with Crippen molar-refractivity contribution in [2.75, 3.05) is 6.54 Å². The van der Waals surface area contributed by atoms with Crippen LogP contribution in [-0.4, -0.2) is 35.1 Å². The molecular formula is C28H31FN4O3S. The molecule has 1 aliphatic rings. The highest BCUT2D eigenvalue weighted by Crippen LogP contribution is 2.29. The van der Waals surface area contributed by atoms with Gasteiger partial charge in [-0.15, -0.1) is 11.3 Å². The van der Waals surface area contributed by atoms with Crippen LogP contribution in [0.1, 0.15) is 48.7 Å². The molecule has 1 aliphatic heterocycles. The van der Waals surface area contributed by atoms with Gasteiger partial charge in [0.1, 0.15) is 29.2 Å². The van der Waals surface area contributed by atoms with E-state index in [1.807, 2.05) is 25.1 Å². The number of ether oxygens (including phenoxy) is 1. The third-order valence-corrected chi connectivity index (χ3v) is 7.75. The zero-order valence-corrected chi connectivity index (χ0v) is 21.7. The van der Waals surface area contributed by atoms with Crippen molar-refractivity contribution in [3.63, 3.8) is 0 Å². The number of nitrogens with zero attached hydrogens (tertiary/aromatic N) is 1. The van der Waals surface area contributed by atoms with Crippen molar-refractivity contribution in [2.45, 2.75) is 45.2 Å². The van der Waals surface area contributed by atoms with Crippen molar-refractivity contribution >= 4 is 29.0 Å². The first-order valence-electron chi connectivity index (χ1n) is 12.3. The fourth-order valence-electron chi connectivity index (χ4n) is 4.43. The summed E-state index contributed by atoms with van der Waals surface area (Å²) >= 11 is 1.44. The van der Waals surface area contributed by atoms with Crippen LogP contribution in [0.25, 0.3) is 0 Å². The van der Waals surface area contributed by atoms with Crippen LogP contribution >= 0.6 is 11.3 Å². The molecule has 9 heteroatoms. The minimum atomic E-state index is -0.520. The lowest BCUT2D eigenvalue weighted by molar-refractivity contribution is -0.138. The smallest absolute Gasteiger partial charge is 0.243 e. The van der Waals surface area contributed by atoms with Gasteiger partial charge in [0.05, 0.1) is 12.5 Å². The molecule has 0 bridgehead atoms. The Kier molecular flexibility index (Phi) is 8.23. The van der Waals surface area contributed by atoms with Gasteiger partial charge in [-0.2, -0.15) is 0 Å². The van der Waals surface area contributed by atoms with Crippen LogP contribution in [0.4, 0.5) is 4.39 Å². The number of carbonyl (C=O) groups excluding carboxylic acids is 2. The lowest BCUT2D eigenvalue weighted by Gasteiger charge is -2.25. The van der Waals surface area contributed by atoms with E-state index < -0.39 is 6.04 Å². The van der Waals surface area contributed by atoms with Gasteiger partial charge in [0.25, 0.3) is 0 Å². The van der Waals surface area contributed by atoms with E-state index in [1.165, 1.54) is 23.5 Å². The predicted molar refractivity (Wildman–Crippen MR) is 142 cm³/mol. The van der Waals surface area contributed by atoms with Crippen molar-refractivity contribution in [1.82, 2.24) is 10.2 Å². The average molecular weight is 523 g/mol. The first-order valence-corrected chi connectivity index (χ1v) is 13.2. The van der Waals surface area contributed by atoms with Crippen LogP contribution in [0.15, 0.2) is 60.0 Å². The second-order valence-electron chi connectivity index (χ2n) is 9.33. The Morgan fingerprint density at radius 1 is 1.19 bits per heavy atom. The van der Waals surface area contributed by atoms with Gasteiger partial charge in [0.2, 0.25) is 11.8 Å². The van der Waals surface area contributed by atoms with E-state index in [2.05, 4.69) is 12.2 Å². The van der Waals surface area contributed by atoms with Crippen LogP contribution in [0.5, 0.6) is 11.5 Å². The molecule has 4 rings (SSSR count). The molecule has 0 radical (unpaired) electrons. The number of halogens is 1. The van der Waals surface area contributed by atoms with Crippen molar-refractivity contribution in [2.24, 2.45) is 11.7 Å².